The van der Waals surface area contributed by atoms with Crippen LogP contribution in [0.1, 0.15) is 24.2 Å². The second-order valence-electron chi connectivity index (χ2n) is 7.62. The molecular formula is C23H26ClN3O5. The summed E-state index contributed by atoms with van der Waals surface area (Å²) in [5.74, 6) is 0.0679. The molecule has 0 aliphatic carbocycles. The van der Waals surface area contributed by atoms with Crippen LogP contribution in [0.2, 0.25) is 5.02 Å². The third-order valence-electron chi connectivity index (χ3n) is 5.26. The molecule has 170 valence electrons. The van der Waals surface area contributed by atoms with Crippen LogP contribution in [0.15, 0.2) is 42.5 Å². The number of amides is 3. The Bertz CT molecular complexity index is 1010. The molecule has 0 aromatic heterocycles. The number of anilines is 1. The Hall–Kier alpha value is -3.26. The average molecular weight is 460 g/mol. The molecule has 3 rings (SSSR count). The molecule has 1 aliphatic heterocycles. The minimum absolute atomic E-state index is 0.0482. The molecular weight excluding hydrogens is 434 g/mol. The highest BCUT2D eigenvalue weighted by Gasteiger charge is 2.34. The minimum Gasteiger partial charge on any atom is -0.497 e. The van der Waals surface area contributed by atoms with Crippen molar-refractivity contribution in [3.63, 3.8) is 0 Å². The van der Waals surface area contributed by atoms with Gasteiger partial charge in [0.05, 0.1) is 19.8 Å². The first kappa shape index (κ1) is 23.4. The van der Waals surface area contributed by atoms with Crippen molar-refractivity contribution in [2.45, 2.75) is 19.9 Å². The quantitative estimate of drug-likeness (QED) is 0.635. The number of carbonyl (C=O) groups excluding carboxylic acids is 3. The molecule has 32 heavy (non-hydrogen) atoms. The molecule has 3 amide bonds. The van der Waals surface area contributed by atoms with Crippen LogP contribution in [-0.4, -0.2) is 67.5 Å². The molecule has 9 heteroatoms. The zero-order valence-corrected chi connectivity index (χ0v) is 19.3. The number of hydrogen-bond donors (Lipinski definition) is 0. The molecule has 1 heterocycles. The van der Waals surface area contributed by atoms with E-state index in [1.807, 2.05) is 13.8 Å². The third-order valence-corrected chi connectivity index (χ3v) is 5.51. The van der Waals surface area contributed by atoms with Crippen LogP contribution in [0.3, 0.4) is 0 Å². The Morgan fingerprint density at radius 2 is 1.78 bits per heavy atom. The molecule has 1 aliphatic rings. The fourth-order valence-corrected chi connectivity index (χ4v) is 3.55. The van der Waals surface area contributed by atoms with Crippen molar-refractivity contribution in [3.05, 3.63) is 53.1 Å². The van der Waals surface area contributed by atoms with E-state index in [-0.39, 0.29) is 43.5 Å². The topological polar surface area (TPSA) is 79.4 Å². The fourth-order valence-electron chi connectivity index (χ4n) is 3.43. The molecule has 2 aromatic rings. The predicted octanol–water partition coefficient (Wildman–Crippen LogP) is 3.04. The molecule has 0 spiro atoms. The van der Waals surface area contributed by atoms with Gasteiger partial charge in [-0.25, -0.2) is 0 Å². The third kappa shape index (κ3) is 4.96. The summed E-state index contributed by atoms with van der Waals surface area (Å²) in [7, 11) is 3.00. The first-order valence-corrected chi connectivity index (χ1v) is 10.5. The maximum atomic E-state index is 13.2. The number of benzene rings is 2. The highest BCUT2D eigenvalue weighted by molar-refractivity contribution is 6.30. The Kier molecular flexibility index (Phi) is 7.25. The predicted molar refractivity (Wildman–Crippen MR) is 121 cm³/mol. The van der Waals surface area contributed by atoms with Crippen molar-refractivity contribution in [2.75, 3.05) is 38.9 Å². The van der Waals surface area contributed by atoms with Crippen molar-refractivity contribution < 1.29 is 23.9 Å². The van der Waals surface area contributed by atoms with Crippen LogP contribution in [-0.2, 0) is 9.59 Å². The normalized spacial score (nSPS) is 13.5. The van der Waals surface area contributed by atoms with E-state index in [9.17, 15) is 14.4 Å². The van der Waals surface area contributed by atoms with Crippen LogP contribution in [0.25, 0.3) is 0 Å². The Labute approximate surface area is 192 Å². The lowest BCUT2D eigenvalue weighted by Gasteiger charge is -2.28. The van der Waals surface area contributed by atoms with Gasteiger partial charge in [0.1, 0.15) is 31.3 Å². The number of nitrogens with zero attached hydrogens (tertiary/aromatic N) is 3. The number of methoxy groups -OCH3 is 2. The summed E-state index contributed by atoms with van der Waals surface area (Å²) in [4.78, 5) is 43.1. The SMILES string of the molecule is COc1ccc(C(=O)N(CC(=O)N2CC(=O)N(c3ccc(Cl)cc3)C2)C(C)C)c(OC)c1. The maximum absolute atomic E-state index is 13.2. The molecule has 0 unspecified atom stereocenters. The molecule has 0 bridgehead atoms. The van der Waals surface area contributed by atoms with Crippen LogP contribution in [0.4, 0.5) is 5.69 Å². The summed E-state index contributed by atoms with van der Waals surface area (Å²) in [6.45, 7) is 3.57. The van der Waals surface area contributed by atoms with Crippen molar-refractivity contribution in [1.82, 2.24) is 9.80 Å². The monoisotopic (exact) mass is 459 g/mol. The van der Waals surface area contributed by atoms with E-state index >= 15 is 0 Å². The van der Waals surface area contributed by atoms with Crippen molar-refractivity contribution >= 4 is 35.0 Å². The summed E-state index contributed by atoms with van der Waals surface area (Å²) in [5, 5.41) is 0.563. The highest BCUT2D eigenvalue weighted by Crippen LogP contribution is 2.27. The first-order valence-electron chi connectivity index (χ1n) is 10.1. The fraction of sp³-hybridized carbons (Fsp3) is 0.348. The number of rotatable bonds is 7. The molecule has 1 fully saturated rings. The molecule has 8 nitrogen and oxygen atoms in total. The average Bonchev–Trinajstić information content (AvgIpc) is 3.18. The standard InChI is InChI=1S/C23H26ClN3O5/c1-15(2)26(23(30)19-10-9-18(31-3)11-20(19)32-4)13-21(28)25-12-22(29)27(14-25)17-7-5-16(24)6-8-17/h5-11,15H,12-14H2,1-4H3. The van der Waals surface area contributed by atoms with Crippen molar-refractivity contribution in [3.8, 4) is 11.5 Å². The van der Waals surface area contributed by atoms with E-state index < -0.39 is 0 Å². The lowest BCUT2D eigenvalue weighted by atomic mass is 10.1. The van der Waals surface area contributed by atoms with Gasteiger partial charge in [0, 0.05) is 22.8 Å². The Morgan fingerprint density at radius 1 is 1.09 bits per heavy atom. The second-order valence-corrected chi connectivity index (χ2v) is 8.06. The summed E-state index contributed by atoms with van der Waals surface area (Å²) in [6, 6.07) is 11.5. The summed E-state index contributed by atoms with van der Waals surface area (Å²) in [5.41, 5.74) is 0.990. The molecule has 1 saturated heterocycles. The van der Waals surface area contributed by atoms with Crippen molar-refractivity contribution in [2.24, 2.45) is 0 Å². The van der Waals surface area contributed by atoms with Crippen LogP contribution >= 0.6 is 11.6 Å². The Balaban J connectivity index is 1.75. The molecule has 0 atom stereocenters. The number of ether oxygens (including phenoxy) is 2. The molecule has 2 aromatic carbocycles. The van der Waals surface area contributed by atoms with Gasteiger partial charge in [-0.2, -0.15) is 0 Å². The summed E-state index contributed by atoms with van der Waals surface area (Å²) >= 11 is 5.92. The zero-order valence-electron chi connectivity index (χ0n) is 18.5. The van der Waals surface area contributed by atoms with Crippen molar-refractivity contribution in [1.29, 1.82) is 0 Å². The van der Waals surface area contributed by atoms with E-state index in [1.54, 1.807) is 42.5 Å². The molecule has 0 radical (unpaired) electrons. The summed E-state index contributed by atoms with van der Waals surface area (Å²) in [6.07, 6.45) is 0. The van der Waals surface area contributed by atoms with Gasteiger partial charge in [-0.05, 0) is 50.2 Å². The number of halogens is 1. The van der Waals surface area contributed by atoms with E-state index in [0.717, 1.165) is 0 Å². The minimum atomic E-state index is -0.340. The zero-order chi connectivity index (χ0) is 23.4. The van der Waals surface area contributed by atoms with E-state index in [4.69, 9.17) is 21.1 Å². The second kappa shape index (κ2) is 9.91. The van der Waals surface area contributed by atoms with Gasteiger partial charge in [-0.3, -0.25) is 19.3 Å². The Morgan fingerprint density at radius 3 is 2.38 bits per heavy atom. The number of carbonyl (C=O) groups is 3. The lowest BCUT2D eigenvalue weighted by molar-refractivity contribution is -0.132. The smallest absolute Gasteiger partial charge is 0.258 e. The van der Waals surface area contributed by atoms with Gasteiger partial charge in [-0.15, -0.1) is 0 Å². The van der Waals surface area contributed by atoms with E-state index in [2.05, 4.69) is 0 Å². The maximum Gasteiger partial charge on any atom is 0.258 e. The van der Waals surface area contributed by atoms with Gasteiger partial charge in [0.25, 0.3) is 5.91 Å². The van der Waals surface area contributed by atoms with Gasteiger partial charge < -0.3 is 19.3 Å². The number of hydrogen-bond acceptors (Lipinski definition) is 5. The van der Waals surface area contributed by atoms with E-state index in [1.165, 1.54) is 28.9 Å². The highest BCUT2D eigenvalue weighted by atomic mass is 35.5. The summed E-state index contributed by atoms with van der Waals surface area (Å²) < 4.78 is 10.5. The van der Waals surface area contributed by atoms with Gasteiger partial charge in [-0.1, -0.05) is 11.6 Å². The van der Waals surface area contributed by atoms with Gasteiger partial charge in [0.2, 0.25) is 11.8 Å². The van der Waals surface area contributed by atoms with Crippen LogP contribution < -0.4 is 14.4 Å². The van der Waals surface area contributed by atoms with E-state index in [0.29, 0.717) is 27.8 Å². The molecule has 0 N–H and O–H groups in total. The molecule has 0 saturated carbocycles. The first-order chi connectivity index (χ1) is 15.2. The largest absolute Gasteiger partial charge is 0.497 e. The van der Waals surface area contributed by atoms with Gasteiger partial charge in [0.15, 0.2) is 0 Å². The van der Waals surface area contributed by atoms with Crippen LogP contribution in [0.5, 0.6) is 11.5 Å². The van der Waals surface area contributed by atoms with Gasteiger partial charge >= 0.3 is 0 Å². The van der Waals surface area contributed by atoms with Crippen LogP contribution in [0, 0.1) is 0 Å². The lowest BCUT2D eigenvalue weighted by Crippen LogP contribution is -2.45.